The quantitative estimate of drug-likeness (QED) is 0.353. The van der Waals surface area contributed by atoms with Crippen molar-refractivity contribution in [1.82, 2.24) is 14.5 Å². The number of fused-ring (bicyclic) bond motifs is 1. The van der Waals surface area contributed by atoms with E-state index in [0.29, 0.717) is 35.2 Å². The summed E-state index contributed by atoms with van der Waals surface area (Å²) in [5.74, 6) is 1.34. The van der Waals surface area contributed by atoms with Crippen LogP contribution in [0.3, 0.4) is 0 Å². The van der Waals surface area contributed by atoms with Crippen molar-refractivity contribution in [2.24, 2.45) is 0 Å². The zero-order valence-electron chi connectivity index (χ0n) is 20.7. The number of hydrogen-bond acceptors (Lipinski definition) is 6. The van der Waals surface area contributed by atoms with Crippen LogP contribution in [0.4, 0.5) is 0 Å². The predicted octanol–water partition coefficient (Wildman–Crippen LogP) is 4.41. The van der Waals surface area contributed by atoms with Gasteiger partial charge in [-0.15, -0.1) is 0 Å². The van der Waals surface area contributed by atoms with Crippen LogP contribution in [0.25, 0.3) is 11.3 Å². The molecule has 2 aromatic carbocycles. The lowest BCUT2D eigenvalue weighted by Crippen LogP contribution is -2.33. The normalized spacial score (nSPS) is 15.8. The number of carbonyl (C=O) groups is 1. The van der Waals surface area contributed by atoms with Gasteiger partial charge in [0, 0.05) is 12.1 Å². The monoisotopic (exact) mass is 491 g/mol. The third-order valence-corrected chi connectivity index (χ3v) is 7.23. The van der Waals surface area contributed by atoms with Crippen LogP contribution < -0.4 is 15.2 Å². The van der Waals surface area contributed by atoms with Gasteiger partial charge in [-0.3, -0.25) is 9.55 Å². The molecule has 190 valence electrons. The molecular formula is C28H33N3O5. The SMILES string of the molecule is COC(=O)c1[nH]c(=O)n(CCCCCN2CCC(c3ccccc3)CC2)c1-c1ccc2c(c1)OCO2. The maximum atomic E-state index is 12.8. The highest BCUT2D eigenvalue weighted by atomic mass is 16.7. The largest absolute Gasteiger partial charge is 0.464 e. The molecule has 1 fully saturated rings. The number of likely N-dealkylation sites (tertiary alicyclic amines) is 1. The summed E-state index contributed by atoms with van der Waals surface area (Å²) in [6.07, 6.45) is 5.34. The minimum absolute atomic E-state index is 0.155. The lowest BCUT2D eigenvalue weighted by Gasteiger charge is -2.32. The van der Waals surface area contributed by atoms with Gasteiger partial charge in [0.2, 0.25) is 6.79 Å². The minimum atomic E-state index is -0.572. The van der Waals surface area contributed by atoms with Crippen molar-refractivity contribution >= 4 is 5.97 Å². The molecule has 2 aliphatic rings. The second kappa shape index (κ2) is 11.0. The summed E-state index contributed by atoms with van der Waals surface area (Å²) in [4.78, 5) is 30.4. The van der Waals surface area contributed by atoms with Crippen molar-refractivity contribution in [3.05, 3.63) is 70.3 Å². The van der Waals surface area contributed by atoms with Gasteiger partial charge in [0.05, 0.1) is 12.8 Å². The Kier molecular flexibility index (Phi) is 7.41. The third kappa shape index (κ3) is 5.18. The number of methoxy groups -OCH3 is 1. The molecule has 0 radical (unpaired) electrons. The number of unbranched alkanes of at least 4 members (excludes halogenated alkanes) is 2. The Labute approximate surface area is 210 Å². The lowest BCUT2D eigenvalue weighted by molar-refractivity contribution is 0.0595. The van der Waals surface area contributed by atoms with E-state index in [1.165, 1.54) is 25.5 Å². The Morgan fingerprint density at radius 1 is 1.00 bits per heavy atom. The van der Waals surface area contributed by atoms with Crippen LogP contribution in [0.15, 0.2) is 53.3 Å². The van der Waals surface area contributed by atoms with Gasteiger partial charge in [0.25, 0.3) is 0 Å². The average molecular weight is 492 g/mol. The Balaban J connectivity index is 1.17. The Morgan fingerprint density at radius 3 is 2.53 bits per heavy atom. The molecule has 2 aliphatic heterocycles. The smallest absolute Gasteiger partial charge is 0.356 e. The molecule has 8 heteroatoms. The van der Waals surface area contributed by atoms with E-state index in [4.69, 9.17) is 14.2 Å². The summed E-state index contributed by atoms with van der Waals surface area (Å²) in [5, 5.41) is 0. The molecule has 1 saturated heterocycles. The highest BCUT2D eigenvalue weighted by molar-refractivity contribution is 5.94. The molecule has 36 heavy (non-hydrogen) atoms. The second-order valence-corrected chi connectivity index (χ2v) is 9.45. The van der Waals surface area contributed by atoms with Gasteiger partial charge in [-0.05, 0) is 75.0 Å². The first-order chi connectivity index (χ1) is 17.6. The number of benzene rings is 2. The van der Waals surface area contributed by atoms with E-state index >= 15 is 0 Å². The summed E-state index contributed by atoms with van der Waals surface area (Å²) < 4.78 is 17.5. The van der Waals surface area contributed by atoms with Crippen LogP contribution in [0.2, 0.25) is 0 Å². The van der Waals surface area contributed by atoms with Crippen LogP contribution in [-0.4, -0.2) is 54.0 Å². The van der Waals surface area contributed by atoms with E-state index < -0.39 is 5.97 Å². The fourth-order valence-electron chi connectivity index (χ4n) is 5.27. The van der Waals surface area contributed by atoms with E-state index in [1.807, 2.05) is 6.07 Å². The van der Waals surface area contributed by atoms with Crippen LogP contribution in [0.5, 0.6) is 11.5 Å². The van der Waals surface area contributed by atoms with Gasteiger partial charge in [0.15, 0.2) is 17.2 Å². The zero-order chi connectivity index (χ0) is 24.9. The molecule has 5 rings (SSSR count). The second-order valence-electron chi connectivity index (χ2n) is 9.45. The van der Waals surface area contributed by atoms with Crippen molar-refractivity contribution in [2.45, 2.75) is 44.6 Å². The molecule has 1 N–H and O–H groups in total. The van der Waals surface area contributed by atoms with Crippen molar-refractivity contribution in [3.8, 4) is 22.8 Å². The molecule has 0 spiro atoms. The predicted molar refractivity (Wildman–Crippen MR) is 137 cm³/mol. The lowest BCUT2D eigenvalue weighted by atomic mass is 9.89. The number of carbonyl (C=O) groups excluding carboxylic acids is 1. The maximum Gasteiger partial charge on any atom is 0.356 e. The molecule has 0 saturated carbocycles. The Morgan fingerprint density at radius 2 is 1.75 bits per heavy atom. The van der Waals surface area contributed by atoms with E-state index in [9.17, 15) is 9.59 Å². The molecule has 0 amide bonds. The number of ether oxygens (including phenoxy) is 3. The highest BCUT2D eigenvalue weighted by Crippen LogP contribution is 2.36. The molecule has 3 heterocycles. The van der Waals surface area contributed by atoms with Gasteiger partial charge < -0.3 is 19.1 Å². The Bertz CT molecular complexity index is 1240. The number of piperidine rings is 1. The van der Waals surface area contributed by atoms with Crippen molar-refractivity contribution in [3.63, 3.8) is 0 Å². The fraction of sp³-hybridized carbons (Fsp3) is 0.429. The number of H-pyrrole nitrogens is 1. The number of nitrogens with zero attached hydrogens (tertiary/aromatic N) is 2. The molecule has 0 aliphatic carbocycles. The van der Waals surface area contributed by atoms with Crippen molar-refractivity contribution in [2.75, 3.05) is 33.5 Å². The first kappa shape index (κ1) is 24.2. The van der Waals surface area contributed by atoms with Gasteiger partial charge >= 0.3 is 11.7 Å². The van der Waals surface area contributed by atoms with Gasteiger partial charge in [-0.25, -0.2) is 9.59 Å². The van der Waals surface area contributed by atoms with Crippen molar-refractivity contribution in [1.29, 1.82) is 0 Å². The summed E-state index contributed by atoms with van der Waals surface area (Å²) >= 11 is 0. The fourth-order valence-corrected chi connectivity index (χ4v) is 5.27. The third-order valence-electron chi connectivity index (χ3n) is 7.23. The molecule has 0 atom stereocenters. The molecule has 3 aromatic rings. The number of esters is 1. The van der Waals surface area contributed by atoms with Gasteiger partial charge in [-0.1, -0.05) is 36.8 Å². The van der Waals surface area contributed by atoms with Crippen LogP contribution in [0, 0.1) is 0 Å². The Hall–Kier alpha value is -3.52. The highest BCUT2D eigenvalue weighted by Gasteiger charge is 2.24. The van der Waals surface area contributed by atoms with E-state index in [-0.39, 0.29) is 18.2 Å². The number of rotatable bonds is 9. The number of hydrogen-bond donors (Lipinski definition) is 1. The molecule has 0 bridgehead atoms. The average Bonchev–Trinajstić information content (AvgIpc) is 3.52. The van der Waals surface area contributed by atoms with Crippen LogP contribution >= 0.6 is 0 Å². The summed E-state index contributed by atoms with van der Waals surface area (Å²) in [7, 11) is 1.31. The van der Waals surface area contributed by atoms with Crippen LogP contribution in [-0.2, 0) is 11.3 Å². The summed E-state index contributed by atoms with van der Waals surface area (Å²) in [6.45, 7) is 4.02. The topological polar surface area (TPSA) is 85.8 Å². The molecule has 1 aromatic heterocycles. The number of nitrogens with one attached hydrogen (secondary N) is 1. The van der Waals surface area contributed by atoms with Crippen LogP contribution in [0.1, 0.15) is 54.1 Å². The summed E-state index contributed by atoms with van der Waals surface area (Å²) in [6, 6.07) is 16.2. The molecule has 0 unspecified atom stereocenters. The first-order valence-electron chi connectivity index (χ1n) is 12.7. The summed E-state index contributed by atoms with van der Waals surface area (Å²) in [5.41, 5.74) is 2.53. The van der Waals surface area contributed by atoms with E-state index in [2.05, 4.69) is 40.2 Å². The standard InChI is InChI=1S/C28H33N3O5/c1-34-27(32)25-26(22-10-11-23-24(18-22)36-19-35-23)31(28(33)29-25)15-7-3-6-14-30-16-12-21(13-17-30)20-8-4-2-5-9-20/h2,4-5,8-11,18,21H,3,6-7,12-17,19H2,1H3,(H,29,33). The van der Waals surface area contributed by atoms with Crippen molar-refractivity contribution < 1.29 is 19.0 Å². The van der Waals surface area contributed by atoms with E-state index in [0.717, 1.165) is 38.9 Å². The number of aromatic amines is 1. The number of aromatic nitrogens is 2. The zero-order valence-corrected chi connectivity index (χ0v) is 20.7. The van der Waals surface area contributed by atoms with E-state index in [1.54, 1.807) is 16.7 Å². The molecular weight excluding hydrogens is 458 g/mol. The maximum absolute atomic E-state index is 12.8. The van der Waals surface area contributed by atoms with Gasteiger partial charge in [0.1, 0.15) is 0 Å². The molecule has 8 nitrogen and oxygen atoms in total. The minimum Gasteiger partial charge on any atom is -0.464 e. The first-order valence-corrected chi connectivity index (χ1v) is 12.7. The van der Waals surface area contributed by atoms with Gasteiger partial charge in [-0.2, -0.15) is 0 Å². The number of imidazole rings is 1.